The molecule has 3 rings (SSSR count). The van der Waals surface area contributed by atoms with Gasteiger partial charge in [0.25, 0.3) is 0 Å². The molecule has 2 atom stereocenters. The summed E-state index contributed by atoms with van der Waals surface area (Å²) in [6.07, 6.45) is -0.265. The summed E-state index contributed by atoms with van der Waals surface area (Å²) < 4.78 is 5.23. The zero-order valence-electron chi connectivity index (χ0n) is 19.4. The number of carboxylic acids is 1. The minimum atomic E-state index is -1.14. The molecule has 0 unspecified atom stereocenters. The van der Waals surface area contributed by atoms with E-state index in [9.17, 15) is 19.5 Å². The van der Waals surface area contributed by atoms with Gasteiger partial charge in [0, 0.05) is 6.42 Å². The predicted octanol–water partition coefficient (Wildman–Crippen LogP) is 4.29. The first-order valence-electron chi connectivity index (χ1n) is 11.3. The third kappa shape index (κ3) is 7.33. The van der Waals surface area contributed by atoms with Crippen LogP contribution in [-0.2, 0) is 27.4 Å². The van der Waals surface area contributed by atoms with E-state index in [1.54, 1.807) is 0 Å². The van der Waals surface area contributed by atoms with Crippen LogP contribution in [0.1, 0.15) is 31.4 Å². The molecule has 0 aliphatic carbocycles. The molecule has 0 radical (unpaired) electrons. The summed E-state index contributed by atoms with van der Waals surface area (Å²) in [7, 11) is 0. The van der Waals surface area contributed by atoms with Crippen molar-refractivity contribution in [1.29, 1.82) is 0 Å². The molecule has 0 heterocycles. The lowest BCUT2D eigenvalue weighted by Crippen LogP contribution is -2.52. The SMILES string of the molecule is CC(C)C[C@H](NC(=O)OCc1ccccc1)C(=O)N[C@@H](Cc1ccc2ccccc2c1)C(=O)O. The summed E-state index contributed by atoms with van der Waals surface area (Å²) in [6, 6.07) is 20.7. The fraction of sp³-hybridized carbons (Fsp3) is 0.296. The molecular formula is C27H30N2O5. The molecular weight excluding hydrogens is 432 g/mol. The topological polar surface area (TPSA) is 105 Å². The van der Waals surface area contributed by atoms with Crippen LogP contribution < -0.4 is 10.6 Å². The number of carboxylic acid groups (broad SMARTS) is 1. The second-order valence-corrected chi connectivity index (χ2v) is 8.67. The lowest BCUT2D eigenvalue weighted by molar-refractivity contribution is -0.142. The maximum absolute atomic E-state index is 13.0. The molecule has 0 aliphatic rings. The Bertz CT molecular complexity index is 1130. The van der Waals surface area contributed by atoms with Crippen molar-refractivity contribution in [2.24, 2.45) is 5.92 Å². The van der Waals surface area contributed by atoms with Gasteiger partial charge in [0.2, 0.25) is 5.91 Å². The normalized spacial score (nSPS) is 12.7. The molecule has 7 heteroatoms. The van der Waals surface area contributed by atoms with Gasteiger partial charge in [-0.1, -0.05) is 86.6 Å². The van der Waals surface area contributed by atoms with E-state index in [0.717, 1.165) is 21.9 Å². The fourth-order valence-corrected chi connectivity index (χ4v) is 3.68. The van der Waals surface area contributed by atoms with Gasteiger partial charge in [0.1, 0.15) is 18.7 Å². The van der Waals surface area contributed by atoms with E-state index in [0.29, 0.717) is 6.42 Å². The molecule has 0 fully saturated rings. The third-order valence-corrected chi connectivity index (χ3v) is 5.40. The highest BCUT2D eigenvalue weighted by molar-refractivity contribution is 5.89. The highest BCUT2D eigenvalue weighted by atomic mass is 16.5. The van der Waals surface area contributed by atoms with E-state index in [2.05, 4.69) is 10.6 Å². The highest BCUT2D eigenvalue weighted by Gasteiger charge is 2.28. The van der Waals surface area contributed by atoms with Crippen molar-refractivity contribution in [3.63, 3.8) is 0 Å². The quantitative estimate of drug-likeness (QED) is 0.417. The van der Waals surface area contributed by atoms with E-state index >= 15 is 0 Å². The van der Waals surface area contributed by atoms with Gasteiger partial charge in [0.15, 0.2) is 0 Å². The maximum atomic E-state index is 13.0. The van der Waals surface area contributed by atoms with E-state index < -0.39 is 30.1 Å². The standard InChI is InChI=1S/C27H30N2O5/c1-18(2)14-23(29-27(33)34-17-19-8-4-3-5-9-19)25(30)28-24(26(31)32)16-20-12-13-21-10-6-7-11-22(21)15-20/h3-13,15,18,23-24H,14,16-17H2,1-2H3,(H,28,30)(H,29,33)(H,31,32)/t23-,24-/m0/s1. The number of alkyl carbamates (subject to hydrolysis) is 1. The van der Waals surface area contributed by atoms with Gasteiger partial charge >= 0.3 is 12.1 Å². The number of amides is 2. The van der Waals surface area contributed by atoms with Crippen molar-refractivity contribution < 1.29 is 24.2 Å². The Morgan fingerprint density at radius 1 is 0.824 bits per heavy atom. The fourth-order valence-electron chi connectivity index (χ4n) is 3.68. The van der Waals surface area contributed by atoms with Crippen LogP contribution in [0.4, 0.5) is 4.79 Å². The summed E-state index contributed by atoms with van der Waals surface area (Å²) in [5.41, 5.74) is 1.62. The predicted molar refractivity (Wildman–Crippen MR) is 130 cm³/mol. The lowest BCUT2D eigenvalue weighted by Gasteiger charge is -2.22. The van der Waals surface area contributed by atoms with Crippen molar-refractivity contribution in [3.8, 4) is 0 Å². The van der Waals surface area contributed by atoms with Gasteiger partial charge in [0.05, 0.1) is 0 Å². The van der Waals surface area contributed by atoms with Gasteiger partial charge in [-0.05, 0) is 34.2 Å². The van der Waals surface area contributed by atoms with Gasteiger partial charge in [-0.3, -0.25) is 4.79 Å². The number of hydrogen-bond acceptors (Lipinski definition) is 4. The molecule has 7 nitrogen and oxygen atoms in total. The number of rotatable bonds is 10. The summed E-state index contributed by atoms with van der Waals surface area (Å²) in [4.78, 5) is 37.2. The largest absolute Gasteiger partial charge is 0.480 e. The third-order valence-electron chi connectivity index (χ3n) is 5.40. The molecule has 0 aliphatic heterocycles. The van der Waals surface area contributed by atoms with Crippen LogP contribution in [0.2, 0.25) is 0 Å². The number of carbonyl (C=O) groups excluding carboxylic acids is 2. The second-order valence-electron chi connectivity index (χ2n) is 8.67. The molecule has 34 heavy (non-hydrogen) atoms. The Kier molecular flexibility index (Phi) is 8.62. The summed E-state index contributed by atoms with van der Waals surface area (Å²) in [6.45, 7) is 3.91. The number of aliphatic carboxylic acids is 1. The first-order valence-corrected chi connectivity index (χ1v) is 11.3. The van der Waals surface area contributed by atoms with Gasteiger partial charge in [-0.15, -0.1) is 0 Å². The maximum Gasteiger partial charge on any atom is 0.408 e. The smallest absolute Gasteiger partial charge is 0.408 e. The minimum absolute atomic E-state index is 0.0718. The Morgan fingerprint density at radius 2 is 1.50 bits per heavy atom. The summed E-state index contributed by atoms with van der Waals surface area (Å²) in [5, 5.41) is 16.9. The van der Waals surface area contributed by atoms with Crippen LogP contribution >= 0.6 is 0 Å². The number of carbonyl (C=O) groups is 3. The van der Waals surface area contributed by atoms with Crippen LogP contribution in [0, 0.1) is 5.92 Å². The number of hydrogen-bond donors (Lipinski definition) is 3. The van der Waals surface area contributed by atoms with Crippen LogP contribution in [0.5, 0.6) is 0 Å². The van der Waals surface area contributed by atoms with Crippen molar-refractivity contribution in [2.75, 3.05) is 0 Å². The first-order chi connectivity index (χ1) is 16.3. The highest BCUT2D eigenvalue weighted by Crippen LogP contribution is 2.17. The molecule has 3 aromatic rings. The molecule has 0 aromatic heterocycles. The Labute approximate surface area is 199 Å². The zero-order valence-corrected chi connectivity index (χ0v) is 19.4. The molecule has 2 amide bonds. The molecule has 3 N–H and O–H groups in total. The van der Waals surface area contributed by atoms with E-state index in [-0.39, 0.29) is 18.9 Å². The molecule has 0 bridgehead atoms. The average molecular weight is 463 g/mol. The van der Waals surface area contributed by atoms with Crippen LogP contribution in [0.3, 0.4) is 0 Å². The van der Waals surface area contributed by atoms with Crippen molar-refractivity contribution in [1.82, 2.24) is 10.6 Å². The second kappa shape index (κ2) is 11.8. The number of ether oxygens (including phenoxy) is 1. The first kappa shape index (κ1) is 24.8. The molecule has 0 saturated heterocycles. The monoisotopic (exact) mass is 462 g/mol. The van der Waals surface area contributed by atoms with Crippen LogP contribution in [0.25, 0.3) is 10.8 Å². The minimum Gasteiger partial charge on any atom is -0.480 e. The number of nitrogens with one attached hydrogen (secondary N) is 2. The van der Waals surface area contributed by atoms with E-state index in [1.165, 1.54) is 0 Å². The van der Waals surface area contributed by atoms with Gasteiger partial charge < -0.3 is 20.5 Å². The molecule has 0 spiro atoms. The zero-order chi connectivity index (χ0) is 24.5. The van der Waals surface area contributed by atoms with Crippen molar-refractivity contribution in [2.45, 2.75) is 45.4 Å². The molecule has 178 valence electrons. The summed E-state index contributed by atoms with van der Waals surface area (Å²) in [5.74, 6) is -1.61. The van der Waals surface area contributed by atoms with Crippen LogP contribution in [0.15, 0.2) is 72.8 Å². The van der Waals surface area contributed by atoms with Gasteiger partial charge in [-0.25, -0.2) is 9.59 Å². The molecule has 3 aromatic carbocycles. The summed E-state index contributed by atoms with van der Waals surface area (Å²) >= 11 is 0. The Balaban J connectivity index is 1.64. The van der Waals surface area contributed by atoms with Crippen LogP contribution in [-0.4, -0.2) is 35.2 Å². The van der Waals surface area contributed by atoms with Gasteiger partial charge in [-0.2, -0.15) is 0 Å². The molecule has 0 saturated carbocycles. The number of fused-ring (bicyclic) bond motifs is 1. The Morgan fingerprint density at radius 3 is 2.18 bits per heavy atom. The average Bonchev–Trinajstić information content (AvgIpc) is 2.82. The van der Waals surface area contributed by atoms with Crippen molar-refractivity contribution in [3.05, 3.63) is 83.9 Å². The van der Waals surface area contributed by atoms with E-state index in [1.807, 2.05) is 86.6 Å². The van der Waals surface area contributed by atoms with Crippen molar-refractivity contribution >= 4 is 28.7 Å². The number of benzene rings is 3. The Hall–Kier alpha value is -3.87. The lowest BCUT2D eigenvalue weighted by atomic mass is 10.00. The van der Waals surface area contributed by atoms with E-state index in [4.69, 9.17) is 4.74 Å².